The number of carbonyl (C=O) groups excluding carboxylic acids is 3. The van der Waals surface area contributed by atoms with Crippen LogP contribution in [0.15, 0.2) is 42.5 Å². The first-order valence-corrected chi connectivity index (χ1v) is 9.65. The Morgan fingerprint density at radius 2 is 1.72 bits per heavy atom. The number of benzene rings is 2. The average Bonchev–Trinajstić information content (AvgIpc) is 2.71. The number of nitrogens with one attached hydrogen (secondary N) is 3. The summed E-state index contributed by atoms with van der Waals surface area (Å²) in [7, 11) is 0. The Hall–Kier alpha value is -3.06. The fourth-order valence-corrected chi connectivity index (χ4v) is 2.47. The van der Waals surface area contributed by atoms with Crippen LogP contribution in [0, 0.1) is 6.92 Å². The number of hydrogen-bond acceptors (Lipinski definition) is 4. The molecule has 0 saturated heterocycles. The van der Waals surface area contributed by atoms with Crippen molar-refractivity contribution < 1.29 is 19.1 Å². The first-order valence-electron chi connectivity index (χ1n) is 9.27. The first kappa shape index (κ1) is 22.2. The van der Waals surface area contributed by atoms with Gasteiger partial charge in [0.2, 0.25) is 5.91 Å². The van der Waals surface area contributed by atoms with Gasteiger partial charge in [-0.05, 0) is 61.4 Å². The number of hydrogen-bond donors (Lipinski definition) is 3. The van der Waals surface area contributed by atoms with Crippen molar-refractivity contribution in [3.63, 3.8) is 0 Å². The molecule has 0 atom stereocenters. The molecule has 8 heteroatoms. The van der Waals surface area contributed by atoms with E-state index in [1.54, 1.807) is 42.5 Å². The molecule has 0 aliphatic carbocycles. The van der Waals surface area contributed by atoms with Gasteiger partial charge in [0.1, 0.15) is 5.75 Å². The lowest BCUT2D eigenvalue weighted by molar-refractivity contribution is -0.123. The van der Waals surface area contributed by atoms with Gasteiger partial charge >= 0.3 is 0 Å². The second kappa shape index (κ2) is 11.1. The minimum absolute atomic E-state index is 0.0628. The van der Waals surface area contributed by atoms with E-state index in [2.05, 4.69) is 16.2 Å². The molecule has 154 valence electrons. The van der Waals surface area contributed by atoms with E-state index in [4.69, 9.17) is 16.3 Å². The lowest BCUT2D eigenvalue weighted by Gasteiger charge is -2.10. The van der Waals surface area contributed by atoms with E-state index in [1.807, 2.05) is 13.8 Å². The highest BCUT2D eigenvalue weighted by Gasteiger charge is 2.09. The van der Waals surface area contributed by atoms with Gasteiger partial charge in [0.05, 0.1) is 0 Å². The highest BCUT2D eigenvalue weighted by molar-refractivity contribution is 6.31. The van der Waals surface area contributed by atoms with Crippen LogP contribution in [0.5, 0.6) is 5.75 Å². The molecule has 7 nitrogen and oxygen atoms in total. The van der Waals surface area contributed by atoms with Gasteiger partial charge in [-0.3, -0.25) is 25.2 Å². The molecule has 0 spiro atoms. The molecule has 3 amide bonds. The summed E-state index contributed by atoms with van der Waals surface area (Å²) >= 11 is 5.94. The van der Waals surface area contributed by atoms with Crippen LogP contribution >= 0.6 is 11.6 Å². The van der Waals surface area contributed by atoms with Gasteiger partial charge in [-0.25, -0.2) is 0 Å². The number of anilines is 1. The molecular formula is C21H24ClN3O4. The van der Waals surface area contributed by atoms with Crippen molar-refractivity contribution in [3.05, 3.63) is 58.6 Å². The minimum Gasteiger partial charge on any atom is -0.484 e. The quantitative estimate of drug-likeness (QED) is 0.571. The second-order valence-electron chi connectivity index (χ2n) is 6.43. The zero-order chi connectivity index (χ0) is 21.2. The standard InChI is InChI=1S/C21H24ClN3O4/c1-3-4-5-19(26)23-16-8-6-15(7-9-16)21(28)25-24-20(27)13-29-17-10-11-18(22)14(2)12-17/h6-12H,3-5,13H2,1-2H3,(H,23,26)(H,24,27)(H,25,28). The molecule has 0 heterocycles. The van der Waals surface area contributed by atoms with Crippen LogP contribution in [0.1, 0.15) is 42.1 Å². The molecule has 0 fully saturated rings. The highest BCUT2D eigenvalue weighted by Crippen LogP contribution is 2.20. The van der Waals surface area contributed by atoms with Crippen molar-refractivity contribution in [1.29, 1.82) is 0 Å². The van der Waals surface area contributed by atoms with Crippen molar-refractivity contribution in [2.24, 2.45) is 0 Å². The third-order valence-corrected chi connectivity index (χ3v) is 4.43. The second-order valence-corrected chi connectivity index (χ2v) is 6.84. The zero-order valence-corrected chi connectivity index (χ0v) is 17.1. The summed E-state index contributed by atoms with van der Waals surface area (Å²) in [6.45, 7) is 3.59. The Labute approximate surface area is 174 Å². The van der Waals surface area contributed by atoms with E-state index in [0.29, 0.717) is 28.4 Å². The number of unbranched alkanes of at least 4 members (excludes halogenated alkanes) is 1. The Kier molecular flexibility index (Phi) is 8.48. The van der Waals surface area contributed by atoms with Crippen LogP contribution < -0.4 is 20.9 Å². The highest BCUT2D eigenvalue weighted by atomic mass is 35.5. The van der Waals surface area contributed by atoms with Crippen LogP contribution in [-0.2, 0) is 9.59 Å². The summed E-state index contributed by atoms with van der Waals surface area (Å²) in [6, 6.07) is 11.4. The SMILES string of the molecule is CCCCC(=O)Nc1ccc(C(=O)NNC(=O)COc2ccc(Cl)c(C)c2)cc1. The van der Waals surface area contributed by atoms with Gasteiger partial charge in [0.25, 0.3) is 11.8 Å². The van der Waals surface area contributed by atoms with Gasteiger partial charge in [-0.2, -0.15) is 0 Å². The molecule has 29 heavy (non-hydrogen) atoms. The number of rotatable bonds is 8. The number of carbonyl (C=O) groups is 3. The molecule has 2 aromatic carbocycles. The molecule has 0 saturated carbocycles. The number of ether oxygens (including phenoxy) is 1. The minimum atomic E-state index is -0.509. The predicted octanol–water partition coefficient (Wildman–Crippen LogP) is 3.62. The van der Waals surface area contributed by atoms with E-state index >= 15 is 0 Å². The fraction of sp³-hybridized carbons (Fsp3) is 0.286. The maximum atomic E-state index is 12.1. The van der Waals surface area contributed by atoms with Crippen LogP contribution in [0.3, 0.4) is 0 Å². The fourth-order valence-electron chi connectivity index (χ4n) is 2.36. The molecule has 0 bridgehead atoms. The summed E-state index contributed by atoms with van der Waals surface area (Å²) in [5.74, 6) is -0.549. The van der Waals surface area contributed by atoms with E-state index in [-0.39, 0.29) is 12.5 Å². The Balaban J connectivity index is 1.77. The molecule has 2 aromatic rings. The molecule has 0 unspecified atom stereocenters. The van der Waals surface area contributed by atoms with Crippen molar-refractivity contribution in [3.8, 4) is 5.75 Å². The van der Waals surface area contributed by atoms with Crippen LogP contribution in [0.25, 0.3) is 0 Å². The van der Waals surface area contributed by atoms with E-state index in [0.717, 1.165) is 18.4 Å². The van der Waals surface area contributed by atoms with Gasteiger partial charge in [0.15, 0.2) is 6.61 Å². The lowest BCUT2D eigenvalue weighted by Crippen LogP contribution is -2.43. The van der Waals surface area contributed by atoms with Crippen molar-refractivity contribution >= 4 is 35.0 Å². The Morgan fingerprint density at radius 3 is 2.38 bits per heavy atom. The molecule has 0 aliphatic rings. The van der Waals surface area contributed by atoms with E-state index in [1.165, 1.54) is 0 Å². The van der Waals surface area contributed by atoms with Crippen LogP contribution in [0.4, 0.5) is 5.69 Å². The lowest BCUT2D eigenvalue weighted by atomic mass is 10.2. The normalized spacial score (nSPS) is 10.2. The Bertz CT molecular complexity index is 869. The van der Waals surface area contributed by atoms with E-state index < -0.39 is 11.8 Å². The van der Waals surface area contributed by atoms with Gasteiger partial charge in [0, 0.05) is 22.7 Å². The first-order chi connectivity index (χ1) is 13.9. The van der Waals surface area contributed by atoms with Crippen LogP contribution in [-0.4, -0.2) is 24.3 Å². The predicted molar refractivity (Wildman–Crippen MR) is 112 cm³/mol. The Morgan fingerprint density at radius 1 is 1.00 bits per heavy atom. The molecule has 2 rings (SSSR count). The topological polar surface area (TPSA) is 96.5 Å². The summed E-state index contributed by atoms with van der Waals surface area (Å²) in [6.07, 6.45) is 2.23. The zero-order valence-electron chi connectivity index (χ0n) is 16.4. The number of halogens is 1. The summed E-state index contributed by atoms with van der Waals surface area (Å²) in [5, 5.41) is 3.38. The van der Waals surface area contributed by atoms with E-state index in [9.17, 15) is 14.4 Å². The summed E-state index contributed by atoms with van der Waals surface area (Å²) in [4.78, 5) is 35.7. The van der Waals surface area contributed by atoms with Crippen molar-refractivity contribution in [2.75, 3.05) is 11.9 Å². The third-order valence-electron chi connectivity index (χ3n) is 4.00. The number of amides is 3. The summed E-state index contributed by atoms with van der Waals surface area (Å²) < 4.78 is 5.36. The maximum Gasteiger partial charge on any atom is 0.276 e. The number of hydrazine groups is 1. The molecule has 0 radical (unpaired) electrons. The third kappa shape index (κ3) is 7.46. The van der Waals surface area contributed by atoms with Crippen molar-refractivity contribution in [2.45, 2.75) is 33.1 Å². The smallest absolute Gasteiger partial charge is 0.276 e. The molecular weight excluding hydrogens is 394 g/mol. The van der Waals surface area contributed by atoms with Gasteiger partial charge < -0.3 is 10.1 Å². The number of aryl methyl sites for hydroxylation is 1. The molecule has 0 aromatic heterocycles. The van der Waals surface area contributed by atoms with Gasteiger partial charge in [-0.15, -0.1) is 0 Å². The average molecular weight is 418 g/mol. The van der Waals surface area contributed by atoms with Crippen LogP contribution in [0.2, 0.25) is 5.02 Å². The maximum absolute atomic E-state index is 12.1. The largest absolute Gasteiger partial charge is 0.484 e. The molecule has 3 N–H and O–H groups in total. The van der Waals surface area contributed by atoms with Gasteiger partial charge in [-0.1, -0.05) is 24.9 Å². The monoisotopic (exact) mass is 417 g/mol. The molecule has 0 aliphatic heterocycles. The summed E-state index contributed by atoms with van der Waals surface area (Å²) in [5.41, 5.74) is 6.39. The van der Waals surface area contributed by atoms with Crippen molar-refractivity contribution in [1.82, 2.24) is 10.9 Å².